The number of aryl methyl sites for hydroxylation is 2. The van der Waals surface area contributed by atoms with Crippen LogP contribution in [0.1, 0.15) is 51.4 Å². The molecule has 0 radical (unpaired) electrons. The van der Waals surface area contributed by atoms with Gasteiger partial charge in [0.05, 0.1) is 38.1 Å². The van der Waals surface area contributed by atoms with Gasteiger partial charge in [-0.3, -0.25) is 14.5 Å². The van der Waals surface area contributed by atoms with Gasteiger partial charge < -0.3 is 19.3 Å². The largest absolute Gasteiger partial charge is 0.507 e. The van der Waals surface area contributed by atoms with Gasteiger partial charge in [-0.1, -0.05) is 30.4 Å². The number of aliphatic hydroxyl groups is 1. The normalized spacial score (nSPS) is 16.6. The minimum absolute atomic E-state index is 0.0852. The van der Waals surface area contributed by atoms with E-state index in [-0.39, 0.29) is 21.3 Å². The Morgan fingerprint density at radius 1 is 1.08 bits per heavy atom. The van der Waals surface area contributed by atoms with Crippen LogP contribution in [-0.2, 0) is 14.3 Å². The molecule has 1 fully saturated rings. The highest BCUT2D eigenvalue weighted by molar-refractivity contribution is 7.17. The number of ether oxygens (including phenoxy) is 3. The van der Waals surface area contributed by atoms with E-state index in [9.17, 15) is 19.5 Å². The number of anilines is 1. The van der Waals surface area contributed by atoms with E-state index in [1.807, 2.05) is 6.92 Å². The molecule has 4 rings (SSSR count). The number of rotatable bonds is 8. The Hall–Kier alpha value is -4.18. The smallest absolute Gasteiger partial charge is 0.350 e. The van der Waals surface area contributed by atoms with Gasteiger partial charge >= 0.3 is 11.9 Å². The predicted molar refractivity (Wildman–Crippen MR) is 143 cm³/mol. The summed E-state index contributed by atoms with van der Waals surface area (Å²) >= 11 is 0.945. The van der Waals surface area contributed by atoms with Crippen LogP contribution in [0.4, 0.5) is 5.13 Å². The Balaban J connectivity index is 1.89. The van der Waals surface area contributed by atoms with Crippen LogP contribution in [0.3, 0.4) is 0 Å². The third-order valence-corrected chi connectivity index (χ3v) is 7.30. The number of hydrogen-bond acceptors (Lipinski definition) is 9. The number of thiazole rings is 1. The Labute approximate surface area is 224 Å². The van der Waals surface area contributed by atoms with Crippen molar-refractivity contribution in [2.45, 2.75) is 33.2 Å². The SMILES string of the molecule is CCCOc1ccc(C(O)=C2C(=O)C(=O)N(c3nc(C)c(C(=O)OC)s3)C2c2ccc(OC)cc2)c(C)c1. The van der Waals surface area contributed by atoms with Crippen molar-refractivity contribution in [1.82, 2.24) is 4.98 Å². The summed E-state index contributed by atoms with van der Waals surface area (Å²) in [5.41, 5.74) is 1.91. The molecule has 2 heterocycles. The molecule has 0 spiro atoms. The van der Waals surface area contributed by atoms with E-state index in [0.29, 0.717) is 40.5 Å². The van der Waals surface area contributed by atoms with Gasteiger partial charge in [0.15, 0.2) is 5.13 Å². The Morgan fingerprint density at radius 3 is 2.37 bits per heavy atom. The third kappa shape index (κ3) is 4.87. The summed E-state index contributed by atoms with van der Waals surface area (Å²) in [5, 5.41) is 11.6. The number of hydrogen-bond donors (Lipinski definition) is 1. The molecule has 0 saturated carbocycles. The van der Waals surface area contributed by atoms with Crippen LogP contribution >= 0.6 is 11.3 Å². The van der Waals surface area contributed by atoms with Gasteiger partial charge in [-0.2, -0.15) is 0 Å². The lowest BCUT2D eigenvalue weighted by atomic mass is 9.94. The molecule has 198 valence electrons. The zero-order valence-corrected chi connectivity index (χ0v) is 22.5. The quantitative estimate of drug-likeness (QED) is 0.186. The number of carbonyl (C=O) groups excluding carboxylic acids is 3. The van der Waals surface area contributed by atoms with E-state index in [1.54, 1.807) is 56.3 Å². The van der Waals surface area contributed by atoms with E-state index in [0.717, 1.165) is 17.8 Å². The molecule has 1 aliphatic heterocycles. The monoisotopic (exact) mass is 536 g/mol. The highest BCUT2D eigenvalue weighted by Gasteiger charge is 2.48. The van der Waals surface area contributed by atoms with Crippen molar-refractivity contribution in [3.8, 4) is 11.5 Å². The number of ketones is 1. The summed E-state index contributed by atoms with van der Waals surface area (Å²) < 4.78 is 15.8. The van der Waals surface area contributed by atoms with Crippen LogP contribution in [0.15, 0.2) is 48.0 Å². The fourth-order valence-corrected chi connectivity index (χ4v) is 5.27. The summed E-state index contributed by atoms with van der Waals surface area (Å²) in [5.74, 6) is -1.40. The van der Waals surface area contributed by atoms with Gasteiger partial charge in [-0.15, -0.1) is 0 Å². The Bertz CT molecular complexity index is 1430. The number of carbonyl (C=O) groups is 3. The van der Waals surface area contributed by atoms with Crippen LogP contribution in [-0.4, -0.2) is 48.6 Å². The second-order valence-electron chi connectivity index (χ2n) is 8.67. The molecule has 38 heavy (non-hydrogen) atoms. The molecular weight excluding hydrogens is 508 g/mol. The standard InChI is InChI=1S/C28H28N2O7S/c1-6-13-37-19-11-12-20(15(2)14-19)23(31)21-22(17-7-9-18(35-4)10-8-17)30(26(33)24(21)32)28-29-16(3)25(38-28)27(34)36-5/h7-12,14,22,31H,6,13H2,1-5H3. The number of amides is 1. The van der Waals surface area contributed by atoms with Crippen LogP contribution in [0.2, 0.25) is 0 Å². The van der Waals surface area contributed by atoms with Crippen molar-refractivity contribution in [3.63, 3.8) is 0 Å². The summed E-state index contributed by atoms with van der Waals surface area (Å²) in [6.45, 7) is 5.97. The lowest BCUT2D eigenvalue weighted by molar-refractivity contribution is -0.132. The van der Waals surface area contributed by atoms with Gasteiger partial charge in [-0.25, -0.2) is 9.78 Å². The van der Waals surface area contributed by atoms with E-state index >= 15 is 0 Å². The molecule has 9 nitrogen and oxygen atoms in total. The molecule has 1 N–H and O–H groups in total. The van der Waals surface area contributed by atoms with E-state index in [1.165, 1.54) is 19.1 Å². The van der Waals surface area contributed by atoms with Crippen molar-refractivity contribution in [3.05, 3.63) is 75.3 Å². The molecule has 3 aromatic rings. The minimum Gasteiger partial charge on any atom is -0.507 e. The predicted octanol–water partition coefficient (Wildman–Crippen LogP) is 4.97. The Morgan fingerprint density at radius 2 is 1.76 bits per heavy atom. The Kier molecular flexibility index (Phi) is 7.82. The van der Waals surface area contributed by atoms with Crippen LogP contribution in [0, 0.1) is 13.8 Å². The number of methoxy groups -OCH3 is 2. The zero-order valence-electron chi connectivity index (χ0n) is 21.7. The maximum Gasteiger partial charge on any atom is 0.350 e. The summed E-state index contributed by atoms with van der Waals surface area (Å²) in [6, 6.07) is 11.0. The molecular formula is C28H28N2O7S. The molecule has 1 aromatic heterocycles. The second kappa shape index (κ2) is 11.1. The number of benzene rings is 2. The lowest BCUT2D eigenvalue weighted by Gasteiger charge is -2.23. The zero-order chi connectivity index (χ0) is 27.6. The molecule has 0 aliphatic carbocycles. The number of aliphatic hydroxyl groups excluding tert-OH is 1. The maximum absolute atomic E-state index is 13.4. The van der Waals surface area contributed by atoms with Crippen LogP contribution < -0.4 is 14.4 Å². The van der Waals surface area contributed by atoms with Crippen molar-refractivity contribution < 1.29 is 33.7 Å². The second-order valence-corrected chi connectivity index (χ2v) is 9.65. The average Bonchev–Trinajstić information content (AvgIpc) is 3.43. The average molecular weight is 537 g/mol. The van der Waals surface area contributed by atoms with Crippen molar-refractivity contribution >= 4 is 39.9 Å². The maximum atomic E-state index is 13.4. The van der Waals surface area contributed by atoms with Gasteiger partial charge in [0.2, 0.25) is 0 Å². The number of nitrogens with zero attached hydrogens (tertiary/aromatic N) is 2. The molecule has 1 amide bonds. The van der Waals surface area contributed by atoms with E-state index < -0.39 is 23.7 Å². The van der Waals surface area contributed by atoms with Crippen LogP contribution in [0.5, 0.6) is 11.5 Å². The van der Waals surface area contributed by atoms with Crippen LogP contribution in [0.25, 0.3) is 5.76 Å². The van der Waals surface area contributed by atoms with Gasteiger partial charge in [0, 0.05) is 5.56 Å². The van der Waals surface area contributed by atoms with Gasteiger partial charge in [0.1, 0.15) is 22.1 Å². The lowest BCUT2D eigenvalue weighted by Crippen LogP contribution is -2.29. The van der Waals surface area contributed by atoms with Gasteiger partial charge in [0.25, 0.3) is 5.78 Å². The molecule has 1 saturated heterocycles. The molecule has 0 bridgehead atoms. The van der Waals surface area contributed by atoms with E-state index in [4.69, 9.17) is 14.2 Å². The van der Waals surface area contributed by atoms with Crippen molar-refractivity contribution in [2.24, 2.45) is 0 Å². The molecule has 10 heteroatoms. The first-order chi connectivity index (χ1) is 18.2. The molecule has 2 aromatic carbocycles. The van der Waals surface area contributed by atoms with Crippen molar-refractivity contribution in [2.75, 3.05) is 25.7 Å². The molecule has 1 atom stereocenters. The summed E-state index contributed by atoms with van der Waals surface area (Å²) in [7, 11) is 2.79. The topological polar surface area (TPSA) is 115 Å². The molecule has 1 unspecified atom stereocenters. The fraction of sp³-hybridized carbons (Fsp3) is 0.286. The van der Waals surface area contributed by atoms with Crippen molar-refractivity contribution in [1.29, 1.82) is 0 Å². The first-order valence-electron chi connectivity index (χ1n) is 12.0. The summed E-state index contributed by atoms with van der Waals surface area (Å²) in [6.07, 6.45) is 0.847. The first kappa shape index (κ1) is 26.9. The molecule has 1 aliphatic rings. The van der Waals surface area contributed by atoms with Gasteiger partial charge in [-0.05, 0) is 61.7 Å². The third-order valence-electron chi connectivity index (χ3n) is 6.16. The highest BCUT2D eigenvalue weighted by Crippen LogP contribution is 2.44. The summed E-state index contributed by atoms with van der Waals surface area (Å²) in [4.78, 5) is 44.9. The number of Topliss-reactive ketones (excluding diaryl/α,β-unsaturated/α-hetero) is 1. The first-order valence-corrected chi connectivity index (χ1v) is 12.8. The fourth-order valence-electron chi connectivity index (χ4n) is 4.26. The number of aromatic nitrogens is 1. The number of esters is 1. The van der Waals surface area contributed by atoms with E-state index in [2.05, 4.69) is 4.98 Å². The highest BCUT2D eigenvalue weighted by atomic mass is 32.1. The minimum atomic E-state index is -0.993.